The van der Waals surface area contributed by atoms with Crippen molar-refractivity contribution in [2.24, 2.45) is 5.41 Å². The number of carbonyl (C=O) groups is 1. The fourth-order valence-corrected chi connectivity index (χ4v) is 2.47. The van der Waals surface area contributed by atoms with Crippen molar-refractivity contribution in [1.29, 1.82) is 0 Å². The van der Waals surface area contributed by atoms with E-state index in [1.54, 1.807) is 7.11 Å². The Hall–Kier alpha value is -1.40. The van der Waals surface area contributed by atoms with Crippen LogP contribution in [0.4, 0.5) is 0 Å². The molecule has 0 radical (unpaired) electrons. The molecule has 1 aliphatic heterocycles. The number of piperidine rings is 1. The number of methoxy groups -OCH3 is 1. The Morgan fingerprint density at radius 3 is 2.89 bits per heavy atom. The van der Waals surface area contributed by atoms with Gasteiger partial charge in [-0.2, -0.15) is 0 Å². The Labute approximate surface area is 112 Å². The molecule has 2 N–H and O–H groups in total. The SMILES string of the molecule is COCC1(C(=O)NCc2cc(C)no2)CCNCC1. The summed E-state index contributed by atoms with van der Waals surface area (Å²) in [5.74, 6) is 0.706. The lowest BCUT2D eigenvalue weighted by Crippen LogP contribution is -2.49. The van der Waals surface area contributed by atoms with Crippen LogP contribution >= 0.6 is 0 Å². The number of hydrogen-bond donors (Lipinski definition) is 2. The molecule has 1 aliphatic rings. The number of aromatic nitrogens is 1. The molecular formula is C13H21N3O3. The van der Waals surface area contributed by atoms with Gasteiger partial charge in [0.1, 0.15) is 0 Å². The van der Waals surface area contributed by atoms with E-state index in [1.165, 1.54) is 0 Å². The number of nitrogens with zero attached hydrogens (tertiary/aromatic N) is 1. The molecule has 6 heteroatoms. The predicted molar refractivity (Wildman–Crippen MR) is 69.5 cm³/mol. The summed E-state index contributed by atoms with van der Waals surface area (Å²) in [4.78, 5) is 12.4. The van der Waals surface area contributed by atoms with Gasteiger partial charge >= 0.3 is 0 Å². The Balaban J connectivity index is 1.95. The van der Waals surface area contributed by atoms with Crippen molar-refractivity contribution in [2.45, 2.75) is 26.3 Å². The van der Waals surface area contributed by atoms with E-state index in [0.717, 1.165) is 31.6 Å². The van der Waals surface area contributed by atoms with Crippen LogP contribution < -0.4 is 10.6 Å². The predicted octanol–water partition coefficient (Wildman–Crippen LogP) is 0.615. The first-order valence-corrected chi connectivity index (χ1v) is 6.56. The minimum absolute atomic E-state index is 0.0323. The third-order valence-electron chi connectivity index (χ3n) is 3.56. The van der Waals surface area contributed by atoms with Gasteiger partial charge < -0.3 is 19.9 Å². The van der Waals surface area contributed by atoms with Crippen molar-refractivity contribution in [3.63, 3.8) is 0 Å². The summed E-state index contributed by atoms with van der Waals surface area (Å²) >= 11 is 0. The summed E-state index contributed by atoms with van der Waals surface area (Å²) in [6, 6.07) is 1.83. The van der Waals surface area contributed by atoms with Crippen molar-refractivity contribution in [3.8, 4) is 0 Å². The van der Waals surface area contributed by atoms with E-state index in [-0.39, 0.29) is 5.91 Å². The molecule has 0 bridgehead atoms. The fraction of sp³-hybridized carbons (Fsp3) is 0.692. The van der Waals surface area contributed by atoms with Crippen LogP contribution in [-0.4, -0.2) is 37.9 Å². The molecular weight excluding hydrogens is 246 g/mol. The van der Waals surface area contributed by atoms with Crippen LogP contribution in [0.15, 0.2) is 10.6 Å². The molecule has 1 aromatic rings. The Bertz CT molecular complexity index is 419. The minimum atomic E-state index is -0.422. The molecule has 0 saturated carbocycles. The Morgan fingerprint density at radius 2 is 2.32 bits per heavy atom. The zero-order valence-electron chi connectivity index (χ0n) is 11.5. The number of amides is 1. The molecule has 1 fully saturated rings. The minimum Gasteiger partial charge on any atom is -0.384 e. The molecule has 6 nitrogen and oxygen atoms in total. The quantitative estimate of drug-likeness (QED) is 0.817. The first kappa shape index (κ1) is 14.0. The monoisotopic (exact) mass is 267 g/mol. The average molecular weight is 267 g/mol. The lowest BCUT2D eigenvalue weighted by atomic mass is 9.78. The molecule has 0 aliphatic carbocycles. The number of ether oxygens (including phenoxy) is 1. The lowest BCUT2D eigenvalue weighted by molar-refractivity contribution is -0.136. The molecule has 106 valence electrons. The maximum absolute atomic E-state index is 12.4. The molecule has 2 rings (SSSR count). The number of nitrogens with one attached hydrogen (secondary N) is 2. The second kappa shape index (κ2) is 6.16. The molecule has 1 aromatic heterocycles. The first-order chi connectivity index (χ1) is 9.16. The van der Waals surface area contributed by atoms with Crippen molar-refractivity contribution < 1.29 is 14.1 Å². The van der Waals surface area contributed by atoms with E-state index in [0.29, 0.717) is 18.9 Å². The molecule has 0 aromatic carbocycles. The van der Waals surface area contributed by atoms with Gasteiger partial charge in [-0.1, -0.05) is 5.16 Å². The summed E-state index contributed by atoms with van der Waals surface area (Å²) < 4.78 is 10.3. The third-order valence-corrected chi connectivity index (χ3v) is 3.56. The smallest absolute Gasteiger partial charge is 0.229 e. The van der Waals surface area contributed by atoms with Gasteiger partial charge in [-0.15, -0.1) is 0 Å². The van der Waals surface area contributed by atoms with Gasteiger partial charge in [0.2, 0.25) is 5.91 Å². The Kier molecular flexibility index (Phi) is 4.55. The summed E-state index contributed by atoms with van der Waals surface area (Å²) in [6.07, 6.45) is 1.59. The molecule has 1 saturated heterocycles. The number of hydrogen-bond acceptors (Lipinski definition) is 5. The van der Waals surface area contributed by atoms with Gasteiger partial charge in [-0.25, -0.2) is 0 Å². The van der Waals surface area contributed by atoms with Crippen LogP contribution in [0.1, 0.15) is 24.3 Å². The van der Waals surface area contributed by atoms with Gasteiger partial charge in [0.15, 0.2) is 5.76 Å². The van der Waals surface area contributed by atoms with Gasteiger partial charge in [-0.05, 0) is 32.9 Å². The van der Waals surface area contributed by atoms with Gasteiger partial charge in [0.25, 0.3) is 0 Å². The first-order valence-electron chi connectivity index (χ1n) is 6.56. The van der Waals surface area contributed by atoms with Gasteiger partial charge in [0.05, 0.1) is 24.3 Å². The van der Waals surface area contributed by atoms with Crippen LogP contribution in [0, 0.1) is 12.3 Å². The summed E-state index contributed by atoms with van der Waals surface area (Å²) in [6.45, 7) is 4.37. The maximum Gasteiger partial charge on any atom is 0.229 e. The average Bonchev–Trinajstić information content (AvgIpc) is 2.83. The van der Waals surface area contributed by atoms with Crippen molar-refractivity contribution in [3.05, 3.63) is 17.5 Å². The van der Waals surface area contributed by atoms with Crippen LogP contribution in [0.5, 0.6) is 0 Å². The van der Waals surface area contributed by atoms with E-state index in [1.807, 2.05) is 13.0 Å². The Morgan fingerprint density at radius 1 is 1.58 bits per heavy atom. The standard InChI is InChI=1S/C13H21N3O3/c1-10-7-11(19-16-10)8-15-12(17)13(9-18-2)3-5-14-6-4-13/h7,14H,3-6,8-9H2,1-2H3,(H,15,17). The highest BCUT2D eigenvalue weighted by molar-refractivity contribution is 5.82. The van der Waals surface area contributed by atoms with E-state index in [4.69, 9.17) is 9.26 Å². The molecule has 1 amide bonds. The highest BCUT2D eigenvalue weighted by Crippen LogP contribution is 2.29. The second-order valence-electron chi connectivity index (χ2n) is 5.08. The van der Waals surface area contributed by atoms with Crippen molar-refractivity contribution >= 4 is 5.91 Å². The second-order valence-corrected chi connectivity index (χ2v) is 5.08. The van der Waals surface area contributed by atoms with E-state index in [2.05, 4.69) is 15.8 Å². The zero-order valence-corrected chi connectivity index (χ0v) is 11.5. The highest BCUT2D eigenvalue weighted by atomic mass is 16.5. The number of carbonyl (C=O) groups excluding carboxylic acids is 1. The van der Waals surface area contributed by atoms with Gasteiger partial charge in [-0.3, -0.25) is 4.79 Å². The number of rotatable bonds is 5. The molecule has 0 unspecified atom stereocenters. The summed E-state index contributed by atoms with van der Waals surface area (Å²) in [5, 5.41) is 9.99. The van der Waals surface area contributed by atoms with Crippen LogP contribution in [0.3, 0.4) is 0 Å². The highest BCUT2D eigenvalue weighted by Gasteiger charge is 2.39. The van der Waals surface area contributed by atoms with Gasteiger partial charge in [0, 0.05) is 13.2 Å². The van der Waals surface area contributed by atoms with E-state index in [9.17, 15) is 4.79 Å². The molecule has 2 heterocycles. The third kappa shape index (κ3) is 3.33. The molecule has 0 spiro atoms. The fourth-order valence-electron chi connectivity index (χ4n) is 2.47. The normalized spacial score (nSPS) is 18.2. The van der Waals surface area contributed by atoms with E-state index < -0.39 is 5.41 Å². The molecule has 19 heavy (non-hydrogen) atoms. The van der Waals surface area contributed by atoms with Crippen LogP contribution in [0.25, 0.3) is 0 Å². The van der Waals surface area contributed by atoms with Crippen molar-refractivity contribution in [2.75, 3.05) is 26.8 Å². The lowest BCUT2D eigenvalue weighted by Gasteiger charge is -2.35. The zero-order chi connectivity index (χ0) is 13.7. The largest absolute Gasteiger partial charge is 0.384 e. The van der Waals surface area contributed by atoms with Crippen LogP contribution in [0.2, 0.25) is 0 Å². The maximum atomic E-state index is 12.4. The van der Waals surface area contributed by atoms with E-state index >= 15 is 0 Å². The number of aryl methyl sites for hydroxylation is 1. The van der Waals surface area contributed by atoms with Crippen molar-refractivity contribution in [1.82, 2.24) is 15.8 Å². The summed E-state index contributed by atoms with van der Waals surface area (Å²) in [7, 11) is 1.64. The molecule has 0 atom stereocenters. The summed E-state index contributed by atoms with van der Waals surface area (Å²) in [5.41, 5.74) is 0.396. The van der Waals surface area contributed by atoms with Crippen LogP contribution in [-0.2, 0) is 16.1 Å². The topological polar surface area (TPSA) is 76.4 Å².